The molecule has 2 radical (unpaired) electrons. The summed E-state index contributed by atoms with van der Waals surface area (Å²) in [6, 6.07) is 17.7. The molecule has 0 saturated heterocycles. The smallest absolute Gasteiger partial charge is 0.341 e. The predicted octanol–water partition coefficient (Wildman–Crippen LogP) is 0.270. The summed E-state index contributed by atoms with van der Waals surface area (Å²) in [6.07, 6.45) is 0. The number of hydrogen-bond donors (Lipinski definition) is 2. The Hall–Kier alpha value is -2.33. The summed E-state index contributed by atoms with van der Waals surface area (Å²) in [5.74, 6) is -0.771. The van der Waals surface area contributed by atoms with Gasteiger partial charge in [-0.05, 0) is 24.3 Å². The molecular formula is C16H20MgO8. The standard InChI is InChI=1S/2C8H8O3.Mg.2H2O/c2*9-8(10)6-11-7-4-2-1-3-5-7;;;/h2*1-5H,6H2,(H,9,10);;2*1H2. The van der Waals surface area contributed by atoms with Crippen LogP contribution in [0.2, 0.25) is 0 Å². The largest absolute Gasteiger partial charge is 0.482 e. The first-order chi connectivity index (χ1) is 10.6. The number of ether oxygens (including phenoxy) is 2. The molecule has 25 heavy (non-hydrogen) atoms. The van der Waals surface area contributed by atoms with Crippen molar-refractivity contribution in [3.05, 3.63) is 60.7 Å². The fourth-order valence-electron chi connectivity index (χ4n) is 1.32. The van der Waals surface area contributed by atoms with Crippen molar-refractivity contribution in [2.45, 2.75) is 0 Å². The van der Waals surface area contributed by atoms with E-state index in [0.29, 0.717) is 11.5 Å². The SMILES string of the molecule is O.O.O=C(O)COc1ccccc1.O=C(O)COc1ccccc1.[Mg]. The van der Waals surface area contributed by atoms with E-state index in [1.165, 1.54) is 0 Å². The number of aliphatic carboxylic acids is 2. The van der Waals surface area contributed by atoms with E-state index in [1.807, 2.05) is 12.1 Å². The highest BCUT2D eigenvalue weighted by atomic mass is 24.3. The van der Waals surface area contributed by atoms with Crippen LogP contribution >= 0.6 is 0 Å². The van der Waals surface area contributed by atoms with E-state index >= 15 is 0 Å². The average molecular weight is 365 g/mol. The Labute approximate surface area is 160 Å². The van der Waals surface area contributed by atoms with Gasteiger partial charge < -0.3 is 30.6 Å². The van der Waals surface area contributed by atoms with Crippen LogP contribution < -0.4 is 9.47 Å². The second-order valence-corrected chi connectivity index (χ2v) is 3.99. The molecule has 0 amide bonds. The molecule has 6 N–H and O–H groups in total. The van der Waals surface area contributed by atoms with E-state index in [2.05, 4.69) is 0 Å². The molecule has 9 heteroatoms. The van der Waals surface area contributed by atoms with Crippen LogP contribution in [0, 0.1) is 0 Å². The van der Waals surface area contributed by atoms with Crippen molar-refractivity contribution < 1.29 is 40.2 Å². The van der Waals surface area contributed by atoms with Gasteiger partial charge in [0.15, 0.2) is 13.2 Å². The second-order valence-electron chi connectivity index (χ2n) is 3.99. The molecule has 0 aliphatic rings. The summed E-state index contributed by atoms with van der Waals surface area (Å²) in [5, 5.41) is 16.5. The first-order valence-electron chi connectivity index (χ1n) is 6.37. The van der Waals surface area contributed by atoms with Crippen molar-refractivity contribution in [3.63, 3.8) is 0 Å². The van der Waals surface area contributed by atoms with Crippen molar-refractivity contribution in [2.24, 2.45) is 0 Å². The quantitative estimate of drug-likeness (QED) is 0.700. The zero-order valence-corrected chi connectivity index (χ0v) is 14.8. The lowest BCUT2D eigenvalue weighted by atomic mass is 10.3. The fourth-order valence-corrected chi connectivity index (χ4v) is 1.32. The molecule has 0 aliphatic carbocycles. The van der Waals surface area contributed by atoms with E-state index in [4.69, 9.17) is 19.7 Å². The van der Waals surface area contributed by atoms with Crippen LogP contribution in [0.3, 0.4) is 0 Å². The van der Waals surface area contributed by atoms with Crippen LogP contribution in [0.1, 0.15) is 0 Å². The summed E-state index contributed by atoms with van der Waals surface area (Å²) >= 11 is 0. The number of carboxylic acids is 2. The van der Waals surface area contributed by atoms with Crippen LogP contribution in [0.25, 0.3) is 0 Å². The van der Waals surface area contributed by atoms with Gasteiger partial charge in [0, 0.05) is 23.1 Å². The molecule has 2 aromatic carbocycles. The Bertz CT molecular complexity index is 524. The minimum Gasteiger partial charge on any atom is -0.482 e. The maximum absolute atomic E-state index is 10.0. The third kappa shape index (κ3) is 15.0. The first-order valence-corrected chi connectivity index (χ1v) is 6.37. The van der Waals surface area contributed by atoms with E-state index in [0.717, 1.165) is 0 Å². The third-order valence-electron chi connectivity index (χ3n) is 2.21. The summed E-state index contributed by atoms with van der Waals surface area (Å²) in [4.78, 5) is 20.1. The molecule has 0 aromatic heterocycles. The predicted molar refractivity (Wildman–Crippen MR) is 92.1 cm³/mol. The van der Waals surface area contributed by atoms with Gasteiger partial charge in [-0.1, -0.05) is 36.4 Å². The lowest BCUT2D eigenvalue weighted by molar-refractivity contribution is -0.140. The molecule has 134 valence electrons. The van der Waals surface area contributed by atoms with Gasteiger partial charge in [-0.25, -0.2) is 9.59 Å². The number of para-hydroxylation sites is 2. The molecule has 0 bridgehead atoms. The van der Waals surface area contributed by atoms with E-state index < -0.39 is 11.9 Å². The van der Waals surface area contributed by atoms with Crippen LogP contribution in [0.5, 0.6) is 11.5 Å². The van der Waals surface area contributed by atoms with Crippen molar-refractivity contribution in [1.82, 2.24) is 0 Å². The fraction of sp³-hybridized carbons (Fsp3) is 0.125. The van der Waals surface area contributed by atoms with Crippen LogP contribution in [0.4, 0.5) is 0 Å². The van der Waals surface area contributed by atoms with Gasteiger partial charge in [-0.2, -0.15) is 0 Å². The van der Waals surface area contributed by atoms with Gasteiger partial charge in [0.25, 0.3) is 0 Å². The Balaban J connectivity index is -0.000000346. The van der Waals surface area contributed by atoms with E-state index in [9.17, 15) is 9.59 Å². The summed E-state index contributed by atoms with van der Waals surface area (Å²) < 4.78 is 9.74. The third-order valence-corrected chi connectivity index (χ3v) is 2.21. The molecule has 0 spiro atoms. The maximum atomic E-state index is 10.0. The Kier molecular flexibility index (Phi) is 18.2. The molecule has 0 unspecified atom stereocenters. The number of hydrogen-bond acceptors (Lipinski definition) is 4. The molecule has 0 atom stereocenters. The van der Waals surface area contributed by atoms with Crippen molar-refractivity contribution in [3.8, 4) is 11.5 Å². The highest BCUT2D eigenvalue weighted by Crippen LogP contribution is 2.07. The highest BCUT2D eigenvalue weighted by molar-refractivity contribution is 5.75. The molecule has 0 fully saturated rings. The van der Waals surface area contributed by atoms with Gasteiger partial charge in [-0.15, -0.1) is 0 Å². The summed E-state index contributed by atoms with van der Waals surface area (Å²) in [7, 11) is 0. The van der Waals surface area contributed by atoms with Gasteiger partial charge in [0.2, 0.25) is 0 Å². The van der Waals surface area contributed by atoms with Crippen LogP contribution in [0.15, 0.2) is 60.7 Å². The van der Waals surface area contributed by atoms with Gasteiger partial charge >= 0.3 is 11.9 Å². The second kappa shape index (κ2) is 16.5. The molecule has 0 heterocycles. The topological polar surface area (TPSA) is 156 Å². The van der Waals surface area contributed by atoms with Crippen molar-refractivity contribution in [2.75, 3.05) is 13.2 Å². The van der Waals surface area contributed by atoms with Gasteiger partial charge in [0.1, 0.15) is 11.5 Å². The van der Waals surface area contributed by atoms with Crippen LogP contribution in [-0.2, 0) is 9.59 Å². The summed E-state index contributed by atoms with van der Waals surface area (Å²) in [6.45, 7) is -0.575. The number of carbonyl (C=O) groups is 2. The normalized spacial score (nSPS) is 8.00. The monoisotopic (exact) mass is 364 g/mol. The van der Waals surface area contributed by atoms with Gasteiger partial charge in [-0.3, -0.25) is 0 Å². The van der Waals surface area contributed by atoms with Crippen molar-refractivity contribution in [1.29, 1.82) is 0 Å². The number of rotatable bonds is 6. The molecule has 2 aromatic rings. The minimum atomic E-state index is -0.964. The highest BCUT2D eigenvalue weighted by Gasteiger charge is 1.97. The average Bonchev–Trinajstić information content (AvgIpc) is 2.53. The maximum Gasteiger partial charge on any atom is 0.341 e. The zero-order chi connectivity index (χ0) is 16.2. The lowest BCUT2D eigenvalue weighted by Gasteiger charge is -2.00. The van der Waals surface area contributed by atoms with E-state index in [1.54, 1.807) is 48.5 Å². The van der Waals surface area contributed by atoms with Gasteiger partial charge in [0.05, 0.1) is 0 Å². The molecule has 8 nitrogen and oxygen atoms in total. The minimum absolute atomic E-state index is 0. The Morgan fingerprint density at radius 1 is 0.680 bits per heavy atom. The molecule has 0 saturated carbocycles. The van der Waals surface area contributed by atoms with Crippen molar-refractivity contribution >= 4 is 35.0 Å². The Morgan fingerprint density at radius 2 is 0.960 bits per heavy atom. The zero-order valence-electron chi connectivity index (χ0n) is 13.4. The molecule has 2 rings (SSSR count). The Morgan fingerprint density at radius 3 is 1.20 bits per heavy atom. The molecular weight excluding hydrogens is 344 g/mol. The first kappa shape index (κ1) is 27.5. The lowest BCUT2D eigenvalue weighted by Crippen LogP contribution is -2.09. The van der Waals surface area contributed by atoms with Crippen LogP contribution in [-0.4, -0.2) is 69.4 Å². The number of benzene rings is 2. The van der Waals surface area contributed by atoms with E-state index in [-0.39, 0.29) is 47.2 Å². The summed E-state index contributed by atoms with van der Waals surface area (Å²) in [5.41, 5.74) is 0. The number of carboxylic acid groups (broad SMARTS) is 2. The molecule has 0 aliphatic heterocycles.